The number of carboxylic acid groups (broad SMARTS) is 1. The average Bonchev–Trinajstić information content (AvgIpc) is 2.20. The Hall–Kier alpha value is -1.36. The minimum atomic E-state index is -0.866. The zero-order valence-electron chi connectivity index (χ0n) is 8.61. The number of hydrogen-bond donors (Lipinski definition) is 2. The van der Waals surface area contributed by atoms with Gasteiger partial charge in [0.1, 0.15) is 0 Å². The number of piperidine rings is 1. The first kappa shape index (κ1) is 11.7. The van der Waals surface area contributed by atoms with Crippen molar-refractivity contribution in [1.29, 1.82) is 0 Å². The Bertz CT molecular complexity index is 265. The number of hydrogen-bond acceptors (Lipinski definition) is 3. The largest absolute Gasteiger partial charge is 0.480 e. The Morgan fingerprint density at radius 3 is 2.87 bits per heavy atom. The van der Waals surface area contributed by atoms with Crippen LogP contribution in [0.25, 0.3) is 0 Å². The molecule has 1 aliphatic heterocycles. The van der Waals surface area contributed by atoms with Crippen molar-refractivity contribution >= 4 is 11.9 Å². The summed E-state index contributed by atoms with van der Waals surface area (Å²) in [7, 11) is 0. The molecular weight excluding hydrogens is 196 g/mol. The van der Waals surface area contributed by atoms with E-state index in [0.717, 1.165) is 19.3 Å². The van der Waals surface area contributed by atoms with Crippen LogP contribution in [0.1, 0.15) is 19.3 Å². The molecule has 0 aromatic rings. The molecule has 1 heterocycles. The molecule has 0 bridgehead atoms. The molecule has 0 saturated carbocycles. The van der Waals surface area contributed by atoms with Gasteiger partial charge in [0.05, 0.1) is 12.7 Å². The number of likely N-dealkylation sites (tertiary alicyclic amines) is 1. The summed E-state index contributed by atoms with van der Waals surface area (Å²) in [6, 6.07) is 0. The van der Waals surface area contributed by atoms with Crippen molar-refractivity contribution < 1.29 is 14.7 Å². The van der Waals surface area contributed by atoms with E-state index in [-0.39, 0.29) is 18.6 Å². The fourth-order valence-corrected chi connectivity index (χ4v) is 1.74. The summed E-state index contributed by atoms with van der Waals surface area (Å²) in [5, 5.41) is 11.4. The predicted molar refractivity (Wildman–Crippen MR) is 55.2 cm³/mol. The Morgan fingerprint density at radius 2 is 2.27 bits per heavy atom. The van der Waals surface area contributed by atoms with Crippen LogP contribution < -0.4 is 5.32 Å². The molecule has 0 aromatic heterocycles. The van der Waals surface area contributed by atoms with Gasteiger partial charge in [0.2, 0.25) is 5.91 Å². The molecule has 1 atom stereocenters. The minimum Gasteiger partial charge on any atom is -0.480 e. The highest BCUT2D eigenvalue weighted by Crippen LogP contribution is 2.14. The molecule has 84 valence electrons. The second kappa shape index (κ2) is 5.50. The Kier molecular flexibility index (Phi) is 4.30. The highest BCUT2D eigenvalue weighted by atomic mass is 16.4. The van der Waals surface area contributed by atoms with Gasteiger partial charge in [0.15, 0.2) is 0 Å². The lowest BCUT2D eigenvalue weighted by Crippen LogP contribution is -2.51. The van der Waals surface area contributed by atoms with Gasteiger partial charge in [-0.2, -0.15) is 0 Å². The van der Waals surface area contributed by atoms with E-state index in [1.165, 1.54) is 6.08 Å². The number of aliphatic carboxylic acids is 1. The van der Waals surface area contributed by atoms with E-state index in [0.29, 0.717) is 6.54 Å². The molecule has 0 spiro atoms. The van der Waals surface area contributed by atoms with Crippen molar-refractivity contribution in [2.24, 2.45) is 0 Å². The maximum absolute atomic E-state index is 11.1. The zero-order chi connectivity index (χ0) is 11.3. The SMILES string of the molecule is C=CC(=O)NC1CCCCN1CC(=O)O. The lowest BCUT2D eigenvalue weighted by atomic mass is 10.1. The summed E-state index contributed by atoms with van der Waals surface area (Å²) in [6.45, 7) is 4.06. The molecule has 1 fully saturated rings. The Morgan fingerprint density at radius 1 is 1.53 bits per heavy atom. The molecule has 1 unspecified atom stereocenters. The molecule has 1 saturated heterocycles. The summed E-state index contributed by atoms with van der Waals surface area (Å²) in [5.74, 6) is -1.12. The van der Waals surface area contributed by atoms with E-state index < -0.39 is 5.97 Å². The first-order valence-corrected chi connectivity index (χ1v) is 5.02. The van der Waals surface area contributed by atoms with Crippen LogP contribution in [0.2, 0.25) is 0 Å². The second-order valence-corrected chi connectivity index (χ2v) is 3.59. The molecule has 0 radical (unpaired) electrons. The van der Waals surface area contributed by atoms with Crippen molar-refractivity contribution in [3.8, 4) is 0 Å². The fourth-order valence-electron chi connectivity index (χ4n) is 1.74. The van der Waals surface area contributed by atoms with E-state index >= 15 is 0 Å². The van der Waals surface area contributed by atoms with E-state index in [1.807, 2.05) is 0 Å². The van der Waals surface area contributed by atoms with Gasteiger partial charge in [-0.15, -0.1) is 0 Å². The third kappa shape index (κ3) is 3.71. The first-order chi connectivity index (χ1) is 7.13. The van der Waals surface area contributed by atoms with Gasteiger partial charge in [0.25, 0.3) is 0 Å². The van der Waals surface area contributed by atoms with Crippen LogP contribution in [0, 0.1) is 0 Å². The van der Waals surface area contributed by atoms with Crippen molar-refractivity contribution in [2.45, 2.75) is 25.4 Å². The number of nitrogens with one attached hydrogen (secondary N) is 1. The van der Waals surface area contributed by atoms with Gasteiger partial charge >= 0.3 is 5.97 Å². The Balaban J connectivity index is 2.52. The van der Waals surface area contributed by atoms with Crippen LogP contribution >= 0.6 is 0 Å². The average molecular weight is 212 g/mol. The Labute approximate surface area is 88.8 Å². The number of nitrogens with zero attached hydrogens (tertiary/aromatic N) is 1. The number of rotatable bonds is 4. The normalized spacial score (nSPS) is 22.0. The van der Waals surface area contributed by atoms with Crippen LogP contribution in [0.4, 0.5) is 0 Å². The maximum Gasteiger partial charge on any atom is 0.317 e. The topological polar surface area (TPSA) is 69.6 Å². The highest BCUT2D eigenvalue weighted by Gasteiger charge is 2.24. The summed E-state index contributed by atoms with van der Waals surface area (Å²) in [6.07, 6.45) is 3.83. The fraction of sp³-hybridized carbons (Fsp3) is 0.600. The molecule has 0 aromatic carbocycles. The van der Waals surface area contributed by atoms with E-state index in [1.54, 1.807) is 4.90 Å². The number of carboxylic acids is 1. The maximum atomic E-state index is 11.1. The van der Waals surface area contributed by atoms with Crippen molar-refractivity contribution in [3.63, 3.8) is 0 Å². The standard InChI is InChI=1S/C10H16N2O3/c1-2-9(13)11-8-5-3-4-6-12(8)7-10(14)15/h2,8H,1,3-7H2,(H,11,13)(H,14,15). The van der Waals surface area contributed by atoms with Gasteiger partial charge in [-0.3, -0.25) is 14.5 Å². The van der Waals surface area contributed by atoms with Crippen LogP contribution in [-0.4, -0.2) is 41.1 Å². The third-order valence-corrected chi connectivity index (χ3v) is 2.45. The minimum absolute atomic E-state index is 0.0257. The summed E-state index contributed by atoms with van der Waals surface area (Å²) in [5.41, 5.74) is 0. The van der Waals surface area contributed by atoms with Gasteiger partial charge in [0, 0.05) is 6.54 Å². The number of carbonyl (C=O) groups excluding carboxylic acids is 1. The smallest absolute Gasteiger partial charge is 0.317 e. The van der Waals surface area contributed by atoms with E-state index in [9.17, 15) is 9.59 Å². The van der Waals surface area contributed by atoms with Crippen molar-refractivity contribution in [1.82, 2.24) is 10.2 Å². The van der Waals surface area contributed by atoms with Crippen LogP contribution in [0.15, 0.2) is 12.7 Å². The molecule has 1 amide bonds. The molecule has 15 heavy (non-hydrogen) atoms. The molecule has 5 nitrogen and oxygen atoms in total. The predicted octanol–water partition coefficient (Wildman–Crippen LogP) is 0.185. The molecule has 0 aliphatic carbocycles. The van der Waals surface area contributed by atoms with Gasteiger partial charge < -0.3 is 10.4 Å². The van der Waals surface area contributed by atoms with Crippen molar-refractivity contribution in [2.75, 3.05) is 13.1 Å². The summed E-state index contributed by atoms with van der Waals surface area (Å²) >= 11 is 0. The van der Waals surface area contributed by atoms with Gasteiger partial charge in [-0.1, -0.05) is 6.58 Å². The van der Waals surface area contributed by atoms with Crippen molar-refractivity contribution in [3.05, 3.63) is 12.7 Å². The number of carbonyl (C=O) groups is 2. The molecule has 1 aliphatic rings. The quantitative estimate of drug-likeness (QED) is 0.652. The third-order valence-electron chi connectivity index (χ3n) is 2.45. The summed E-state index contributed by atoms with van der Waals surface area (Å²) < 4.78 is 0. The van der Waals surface area contributed by atoms with Gasteiger partial charge in [-0.25, -0.2) is 0 Å². The second-order valence-electron chi connectivity index (χ2n) is 3.59. The molecule has 2 N–H and O–H groups in total. The molecule has 1 rings (SSSR count). The van der Waals surface area contributed by atoms with Crippen LogP contribution in [-0.2, 0) is 9.59 Å². The van der Waals surface area contributed by atoms with E-state index in [2.05, 4.69) is 11.9 Å². The van der Waals surface area contributed by atoms with E-state index in [4.69, 9.17) is 5.11 Å². The zero-order valence-corrected chi connectivity index (χ0v) is 8.61. The van der Waals surface area contributed by atoms with Gasteiger partial charge in [-0.05, 0) is 25.3 Å². The lowest BCUT2D eigenvalue weighted by Gasteiger charge is -2.34. The van der Waals surface area contributed by atoms with Crippen LogP contribution in [0.5, 0.6) is 0 Å². The number of amides is 1. The summed E-state index contributed by atoms with van der Waals surface area (Å²) in [4.78, 5) is 23.5. The first-order valence-electron chi connectivity index (χ1n) is 5.02. The molecule has 5 heteroatoms. The highest BCUT2D eigenvalue weighted by molar-refractivity contribution is 5.87. The molecular formula is C10H16N2O3. The monoisotopic (exact) mass is 212 g/mol. The lowest BCUT2D eigenvalue weighted by molar-refractivity contribution is -0.140. The van der Waals surface area contributed by atoms with Crippen LogP contribution in [0.3, 0.4) is 0 Å².